The molecule has 3 N–H and O–H groups in total. The molecule has 0 radical (unpaired) electrons. The number of amides is 1. The van der Waals surface area contributed by atoms with Gasteiger partial charge in [-0.15, -0.1) is 0 Å². The van der Waals surface area contributed by atoms with Gasteiger partial charge in [0.15, 0.2) is 0 Å². The zero-order valence-corrected chi connectivity index (χ0v) is 16.1. The Bertz CT molecular complexity index is 689. The van der Waals surface area contributed by atoms with E-state index in [4.69, 9.17) is 0 Å². The molecule has 3 atom stereocenters. The molecule has 3 unspecified atom stereocenters. The fraction of sp³-hybridized carbons (Fsp3) is 0.667. The molecule has 0 saturated carbocycles. The van der Waals surface area contributed by atoms with Crippen molar-refractivity contribution in [3.63, 3.8) is 0 Å². The largest absolute Gasteiger partial charge is 0.392 e. The molecule has 3 aliphatic heterocycles. The van der Waals surface area contributed by atoms with Crippen molar-refractivity contribution in [3.05, 3.63) is 29.8 Å². The second kappa shape index (κ2) is 7.41. The van der Waals surface area contributed by atoms with Crippen LogP contribution in [-0.4, -0.2) is 77.4 Å². The number of carbonyl (C=O) groups excluding carboxylic acids is 1. The third kappa shape index (κ3) is 3.46. The predicted octanol–water partition coefficient (Wildman–Crippen LogP) is 1.04. The fourth-order valence-corrected chi connectivity index (χ4v) is 5.15. The van der Waals surface area contributed by atoms with Crippen LogP contribution in [0.15, 0.2) is 24.3 Å². The Kier molecular flexibility index (Phi) is 5.14. The van der Waals surface area contributed by atoms with Gasteiger partial charge in [-0.05, 0) is 43.4 Å². The van der Waals surface area contributed by atoms with E-state index in [2.05, 4.69) is 22.3 Å². The van der Waals surface area contributed by atoms with Crippen molar-refractivity contribution in [1.82, 2.24) is 9.80 Å². The van der Waals surface area contributed by atoms with Crippen LogP contribution in [0, 0.1) is 5.92 Å². The van der Waals surface area contributed by atoms with E-state index >= 15 is 0 Å². The van der Waals surface area contributed by atoms with Gasteiger partial charge < -0.3 is 20.4 Å². The van der Waals surface area contributed by atoms with Crippen LogP contribution >= 0.6 is 0 Å². The van der Waals surface area contributed by atoms with Crippen molar-refractivity contribution >= 4 is 11.6 Å². The number of aliphatic hydroxyl groups excluding tert-OH is 2. The smallest absolute Gasteiger partial charge is 0.219 e. The van der Waals surface area contributed by atoms with E-state index in [9.17, 15) is 15.0 Å². The van der Waals surface area contributed by atoms with E-state index in [0.717, 1.165) is 51.1 Å². The van der Waals surface area contributed by atoms with Crippen molar-refractivity contribution in [2.45, 2.75) is 43.8 Å². The van der Waals surface area contributed by atoms with Crippen molar-refractivity contribution in [1.29, 1.82) is 0 Å². The van der Waals surface area contributed by atoms with Gasteiger partial charge in [0.1, 0.15) is 0 Å². The van der Waals surface area contributed by atoms with Gasteiger partial charge in [-0.2, -0.15) is 0 Å². The minimum Gasteiger partial charge on any atom is -0.392 e. The summed E-state index contributed by atoms with van der Waals surface area (Å²) in [4.78, 5) is 15.5. The molecule has 0 aliphatic carbocycles. The molecule has 2 saturated heterocycles. The lowest BCUT2D eigenvalue weighted by atomic mass is 9.72. The van der Waals surface area contributed by atoms with Gasteiger partial charge in [-0.1, -0.05) is 18.2 Å². The number of rotatable bonds is 3. The first-order valence-corrected chi connectivity index (χ1v) is 10.2. The summed E-state index contributed by atoms with van der Waals surface area (Å²) >= 11 is 0. The highest BCUT2D eigenvalue weighted by atomic mass is 16.3. The monoisotopic (exact) mass is 373 g/mol. The van der Waals surface area contributed by atoms with Crippen molar-refractivity contribution in [2.24, 2.45) is 5.92 Å². The number of benzene rings is 1. The highest BCUT2D eigenvalue weighted by Gasteiger charge is 2.47. The number of likely N-dealkylation sites (tertiary alicyclic amines) is 2. The first kappa shape index (κ1) is 18.7. The number of fused-ring (bicyclic) bond motifs is 2. The number of nitrogens with zero attached hydrogens (tertiary/aromatic N) is 2. The van der Waals surface area contributed by atoms with E-state index < -0.39 is 12.2 Å². The lowest BCUT2D eigenvalue weighted by Crippen LogP contribution is -2.56. The van der Waals surface area contributed by atoms with E-state index in [-0.39, 0.29) is 17.2 Å². The highest BCUT2D eigenvalue weighted by Crippen LogP contribution is 2.44. The molecule has 1 spiro atoms. The molecule has 2 fully saturated rings. The van der Waals surface area contributed by atoms with Gasteiger partial charge in [0.05, 0.1) is 12.2 Å². The van der Waals surface area contributed by atoms with Crippen LogP contribution in [0.2, 0.25) is 0 Å². The number of hydrogen-bond donors (Lipinski definition) is 3. The third-order valence-electron chi connectivity index (χ3n) is 6.98. The number of piperidine rings is 2. The van der Waals surface area contributed by atoms with E-state index in [1.807, 2.05) is 17.0 Å². The number of nitrogens with one attached hydrogen (secondary N) is 1. The highest BCUT2D eigenvalue weighted by molar-refractivity contribution is 5.73. The molecular formula is C21H31N3O3. The number of hydrogen-bond acceptors (Lipinski definition) is 5. The molecule has 4 rings (SSSR count). The summed E-state index contributed by atoms with van der Waals surface area (Å²) in [6.07, 6.45) is 1.79. The summed E-state index contributed by atoms with van der Waals surface area (Å²) in [5, 5.41) is 25.2. The summed E-state index contributed by atoms with van der Waals surface area (Å²) in [6, 6.07) is 8.29. The third-order valence-corrected chi connectivity index (χ3v) is 6.98. The van der Waals surface area contributed by atoms with Gasteiger partial charge in [-0.3, -0.25) is 9.69 Å². The molecule has 6 nitrogen and oxygen atoms in total. The Morgan fingerprint density at radius 3 is 2.74 bits per heavy atom. The van der Waals surface area contributed by atoms with E-state index in [0.29, 0.717) is 13.1 Å². The minimum atomic E-state index is -0.436. The Morgan fingerprint density at radius 2 is 2.04 bits per heavy atom. The van der Waals surface area contributed by atoms with Gasteiger partial charge >= 0.3 is 0 Å². The summed E-state index contributed by atoms with van der Waals surface area (Å²) in [6.45, 7) is 5.96. The van der Waals surface area contributed by atoms with Gasteiger partial charge in [0.2, 0.25) is 5.91 Å². The first-order valence-electron chi connectivity index (χ1n) is 10.2. The quantitative estimate of drug-likeness (QED) is 0.738. The van der Waals surface area contributed by atoms with E-state index in [1.54, 1.807) is 6.92 Å². The summed E-state index contributed by atoms with van der Waals surface area (Å²) in [5.41, 5.74) is 2.17. The second-order valence-corrected chi connectivity index (χ2v) is 8.49. The van der Waals surface area contributed by atoms with Crippen LogP contribution in [0.5, 0.6) is 0 Å². The Labute approximate surface area is 161 Å². The molecule has 27 heavy (non-hydrogen) atoms. The molecule has 0 aromatic heterocycles. The molecule has 1 amide bonds. The number of anilines is 1. The molecular weight excluding hydrogens is 342 g/mol. The maximum Gasteiger partial charge on any atom is 0.219 e. The maximum absolute atomic E-state index is 11.5. The Balaban J connectivity index is 1.34. The van der Waals surface area contributed by atoms with Crippen LogP contribution in [0.4, 0.5) is 5.69 Å². The van der Waals surface area contributed by atoms with Crippen LogP contribution < -0.4 is 5.32 Å². The van der Waals surface area contributed by atoms with Crippen LogP contribution in [0.3, 0.4) is 0 Å². The number of carbonyl (C=O) groups is 1. The van der Waals surface area contributed by atoms with Crippen LogP contribution in [0.1, 0.15) is 31.7 Å². The lowest BCUT2D eigenvalue weighted by molar-refractivity contribution is -0.131. The topological polar surface area (TPSA) is 76.0 Å². The van der Waals surface area contributed by atoms with Gasteiger partial charge in [0, 0.05) is 50.7 Å². The second-order valence-electron chi connectivity index (χ2n) is 8.49. The molecule has 3 heterocycles. The van der Waals surface area contributed by atoms with Crippen LogP contribution in [-0.2, 0) is 10.2 Å². The normalized spacial score (nSPS) is 30.2. The summed E-state index contributed by atoms with van der Waals surface area (Å²) < 4.78 is 0. The zero-order chi connectivity index (χ0) is 19.0. The lowest BCUT2D eigenvalue weighted by Gasteiger charge is -2.44. The zero-order valence-electron chi connectivity index (χ0n) is 16.1. The summed E-state index contributed by atoms with van der Waals surface area (Å²) in [5.74, 6) is 0.361. The predicted molar refractivity (Wildman–Crippen MR) is 105 cm³/mol. The molecule has 148 valence electrons. The Morgan fingerprint density at radius 1 is 1.30 bits per heavy atom. The van der Waals surface area contributed by atoms with Crippen LogP contribution in [0.25, 0.3) is 0 Å². The SMILES string of the molecule is CC(=O)N1CCC(C(O)CN2CCC3(CNc4ccccc43)C(O)C2)CC1. The number of β-amino-alcohol motifs (C(OH)–C–C–N with tert-alkyl or cyclic N) is 2. The first-order chi connectivity index (χ1) is 13.0. The van der Waals surface area contributed by atoms with Crippen molar-refractivity contribution in [2.75, 3.05) is 44.6 Å². The average Bonchev–Trinajstić information content (AvgIpc) is 3.05. The molecule has 1 aromatic carbocycles. The van der Waals surface area contributed by atoms with Crippen molar-refractivity contribution < 1.29 is 15.0 Å². The van der Waals surface area contributed by atoms with E-state index in [1.165, 1.54) is 5.56 Å². The standard InChI is InChI=1S/C21H31N3O3/c1-15(25)24-9-6-16(7-10-24)19(26)12-23-11-8-21(20(27)13-23)14-22-18-5-3-2-4-17(18)21/h2-5,16,19-20,22,26-27H,6-14H2,1H3. The number of aliphatic hydroxyl groups is 2. The van der Waals surface area contributed by atoms with Crippen molar-refractivity contribution in [3.8, 4) is 0 Å². The van der Waals surface area contributed by atoms with Gasteiger partial charge in [0.25, 0.3) is 0 Å². The molecule has 6 heteroatoms. The Hall–Kier alpha value is -1.63. The number of para-hydroxylation sites is 1. The summed E-state index contributed by atoms with van der Waals surface area (Å²) in [7, 11) is 0. The molecule has 1 aromatic rings. The minimum absolute atomic E-state index is 0.123. The molecule has 0 bridgehead atoms. The fourth-order valence-electron chi connectivity index (χ4n) is 5.15. The van der Waals surface area contributed by atoms with Gasteiger partial charge in [-0.25, -0.2) is 0 Å². The maximum atomic E-state index is 11.5. The molecule has 3 aliphatic rings. The average molecular weight is 373 g/mol.